The number of hydrogen-bond acceptors (Lipinski definition) is 3. The summed E-state index contributed by atoms with van der Waals surface area (Å²) < 4.78 is 25.9. The summed E-state index contributed by atoms with van der Waals surface area (Å²) in [5.74, 6) is 0. The van der Waals surface area contributed by atoms with Crippen molar-refractivity contribution in [3.05, 3.63) is 63.2 Å². The molecular weight excluding hydrogens is 409 g/mol. The van der Waals surface area contributed by atoms with E-state index >= 15 is 0 Å². The maximum Gasteiger partial charge on any atom is 0.209 e. The molecule has 0 saturated carbocycles. The van der Waals surface area contributed by atoms with E-state index in [2.05, 4.69) is 20.9 Å². The van der Waals surface area contributed by atoms with Gasteiger partial charge in [-0.1, -0.05) is 29.3 Å². The average Bonchev–Trinajstić information content (AvgIpc) is 2.47. The van der Waals surface area contributed by atoms with E-state index in [0.717, 1.165) is 0 Å². The molecule has 0 aliphatic rings. The van der Waals surface area contributed by atoms with Crippen molar-refractivity contribution in [2.75, 3.05) is 0 Å². The summed E-state index contributed by atoms with van der Waals surface area (Å²) in [5, 5.41) is 1.70. The summed E-state index contributed by atoms with van der Waals surface area (Å²) in [5.41, 5.74) is 0.620. The van der Waals surface area contributed by atoms with Gasteiger partial charge in [0, 0.05) is 26.1 Å². The molecule has 0 radical (unpaired) electrons. The highest BCUT2D eigenvalue weighted by Gasteiger charge is 2.22. The Morgan fingerprint density at radius 2 is 1.59 bits per heavy atom. The second kappa shape index (κ2) is 5.81. The molecule has 22 heavy (non-hydrogen) atoms. The van der Waals surface area contributed by atoms with Crippen LogP contribution in [0.2, 0.25) is 10.0 Å². The van der Waals surface area contributed by atoms with Crippen molar-refractivity contribution in [3.63, 3.8) is 0 Å². The largest absolute Gasteiger partial charge is 0.255 e. The Bertz CT molecular complexity index is 973. The van der Waals surface area contributed by atoms with Crippen molar-refractivity contribution in [2.24, 2.45) is 0 Å². The fraction of sp³-hybridized carbons (Fsp3) is 0. The number of fused-ring (bicyclic) bond motifs is 1. The van der Waals surface area contributed by atoms with Crippen molar-refractivity contribution in [1.29, 1.82) is 0 Å². The van der Waals surface area contributed by atoms with Gasteiger partial charge in [-0.3, -0.25) is 4.98 Å². The SMILES string of the molecule is O=S(=O)(c1ccc(Cl)cc1)c1cnc2cc(Cl)ccc2c1Br. The van der Waals surface area contributed by atoms with Crippen molar-refractivity contribution in [1.82, 2.24) is 4.98 Å². The van der Waals surface area contributed by atoms with Gasteiger partial charge in [0.25, 0.3) is 0 Å². The number of benzene rings is 2. The molecule has 0 spiro atoms. The van der Waals surface area contributed by atoms with Gasteiger partial charge in [-0.05, 0) is 52.3 Å². The zero-order chi connectivity index (χ0) is 15.9. The summed E-state index contributed by atoms with van der Waals surface area (Å²) in [6.07, 6.45) is 1.33. The molecule has 112 valence electrons. The average molecular weight is 417 g/mol. The molecule has 0 fully saturated rings. The van der Waals surface area contributed by atoms with Crippen LogP contribution in [0.15, 0.2) is 62.9 Å². The molecule has 3 aromatic rings. The summed E-state index contributed by atoms with van der Waals surface area (Å²) in [6.45, 7) is 0. The van der Waals surface area contributed by atoms with Crippen molar-refractivity contribution >= 4 is 59.9 Å². The fourth-order valence-electron chi connectivity index (χ4n) is 2.04. The molecule has 0 aliphatic heterocycles. The van der Waals surface area contributed by atoms with Crippen LogP contribution in [0, 0.1) is 0 Å². The molecule has 1 aromatic heterocycles. The van der Waals surface area contributed by atoms with E-state index in [1.165, 1.54) is 30.5 Å². The van der Waals surface area contributed by atoms with Crippen LogP contribution in [0.1, 0.15) is 0 Å². The highest BCUT2D eigenvalue weighted by atomic mass is 79.9. The van der Waals surface area contributed by atoms with Crippen LogP contribution >= 0.6 is 39.1 Å². The second-order valence-corrected chi connectivity index (χ2v) is 8.14. The van der Waals surface area contributed by atoms with Crippen LogP contribution in [-0.2, 0) is 9.84 Å². The summed E-state index contributed by atoms with van der Waals surface area (Å²) >= 11 is 15.1. The lowest BCUT2D eigenvalue weighted by Gasteiger charge is -2.09. The predicted octanol–water partition coefficient (Wildman–Crippen LogP) is 5.14. The third kappa shape index (κ3) is 2.74. The maximum absolute atomic E-state index is 12.7. The number of aromatic nitrogens is 1. The number of hydrogen-bond donors (Lipinski definition) is 0. The van der Waals surface area contributed by atoms with Gasteiger partial charge in [-0.25, -0.2) is 8.42 Å². The Labute approximate surface area is 145 Å². The number of rotatable bonds is 2. The maximum atomic E-state index is 12.7. The second-order valence-electron chi connectivity index (χ2n) is 4.56. The third-order valence-electron chi connectivity index (χ3n) is 3.15. The van der Waals surface area contributed by atoms with Crippen LogP contribution < -0.4 is 0 Å². The van der Waals surface area contributed by atoms with E-state index in [-0.39, 0.29) is 9.79 Å². The first-order valence-corrected chi connectivity index (χ1v) is 9.17. The first-order valence-electron chi connectivity index (χ1n) is 6.14. The zero-order valence-corrected chi connectivity index (χ0v) is 14.8. The van der Waals surface area contributed by atoms with E-state index in [4.69, 9.17) is 23.2 Å². The molecule has 0 unspecified atom stereocenters. The van der Waals surface area contributed by atoms with Crippen LogP contribution in [0.25, 0.3) is 10.9 Å². The fourth-order valence-corrected chi connectivity index (χ4v) is 4.70. The molecule has 3 rings (SSSR count). The minimum atomic E-state index is -3.69. The predicted molar refractivity (Wildman–Crippen MR) is 91.4 cm³/mol. The van der Waals surface area contributed by atoms with Gasteiger partial charge in [-0.2, -0.15) is 0 Å². The van der Waals surface area contributed by atoms with Gasteiger partial charge in [0.2, 0.25) is 9.84 Å². The Kier molecular flexibility index (Phi) is 4.16. The van der Waals surface area contributed by atoms with Gasteiger partial charge >= 0.3 is 0 Å². The summed E-state index contributed by atoms with van der Waals surface area (Å²) in [6, 6.07) is 11.1. The molecule has 7 heteroatoms. The zero-order valence-electron chi connectivity index (χ0n) is 10.9. The Morgan fingerprint density at radius 3 is 2.27 bits per heavy atom. The lowest BCUT2D eigenvalue weighted by molar-refractivity contribution is 0.595. The molecule has 3 nitrogen and oxygen atoms in total. The third-order valence-corrected chi connectivity index (χ3v) is 6.53. The van der Waals surface area contributed by atoms with E-state index < -0.39 is 9.84 Å². The van der Waals surface area contributed by atoms with Gasteiger partial charge in [0.15, 0.2) is 0 Å². The molecular formula is C15H8BrCl2NO2S. The smallest absolute Gasteiger partial charge is 0.209 e. The topological polar surface area (TPSA) is 47.0 Å². The van der Waals surface area contributed by atoms with Gasteiger partial charge in [0.1, 0.15) is 4.90 Å². The number of nitrogens with zero attached hydrogens (tertiary/aromatic N) is 1. The Balaban J connectivity index is 2.23. The normalized spacial score (nSPS) is 11.8. The molecule has 0 atom stereocenters. The quantitative estimate of drug-likeness (QED) is 0.581. The first kappa shape index (κ1) is 15.7. The van der Waals surface area contributed by atoms with Crippen molar-refractivity contribution in [3.8, 4) is 0 Å². The van der Waals surface area contributed by atoms with Gasteiger partial charge in [0.05, 0.1) is 10.4 Å². The Morgan fingerprint density at radius 1 is 0.955 bits per heavy atom. The molecule has 2 aromatic carbocycles. The highest BCUT2D eigenvalue weighted by molar-refractivity contribution is 9.10. The van der Waals surface area contributed by atoms with Crippen LogP contribution in [0.5, 0.6) is 0 Å². The number of halogens is 3. The van der Waals surface area contributed by atoms with Crippen LogP contribution in [0.3, 0.4) is 0 Å². The molecule has 0 N–H and O–H groups in total. The minimum Gasteiger partial charge on any atom is -0.255 e. The first-order chi connectivity index (χ1) is 10.4. The molecule has 1 heterocycles. The minimum absolute atomic E-state index is 0.102. The lowest BCUT2D eigenvalue weighted by Crippen LogP contribution is -2.04. The number of sulfone groups is 1. The molecule has 0 amide bonds. The molecule has 0 aliphatic carbocycles. The van der Waals surface area contributed by atoms with Gasteiger partial charge in [-0.15, -0.1) is 0 Å². The monoisotopic (exact) mass is 415 g/mol. The Hall–Kier alpha value is -1.14. The van der Waals surface area contributed by atoms with E-state index in [9.17, 15) is 8.42 Å². The number of pyridine rings is 1. The van der Waals surface area contributed by atoms with E-state index in [0.29, 0.717) is 25.4 Å². The lowest BCUT2D eigenvalue weighted by atomic mass is 10.2. The van der Waals surface area contributed by atoms with E-state index in [1.54, 1.807) is 18.2 Å². The standard InChI is InChI=1S/C15H8BrCl2NO2S/c16-15-12-6-3-10(18)7-13(12)19-8-14(15)22(20,21)11-4-1-9(17)2-5-11/h1-8H. The van der Waals surface area contributed by atoms with E-state index in [1.807, 2.05) is 0 Å². The summed E-state index contributed by atoms with van der Waals surface area (Å²) in [7, 11) is -3.69. The summed E-state index contributed by atoms with van der Waals surface area (Å²) in [4.78, 5) is 4.45. The molecule has 0 bridgehead atoms. The van der Waals surface area contributed by atoms with Gasteiger partial charge < -0.3 is 0 Å². The highest BCUT2D eigenvalue weighted by Crippen LogP contribution is 2.33. The van der Waals surface area contributed by atoms with Crippen LogP contribution in [0.4, 0.5) is 0 Å². The van der Waals surface area contributed by atoms with Crippen LogP contribution in [-0.4, -0.2) is 13.4 Å². The molecule has 0 saturated heterocycles. The van der Waals surface area contributed by atoms with Crippen molar-refractivity contribution in [2.45, 2.75) is 9.79 Å². The van der Waals surface area contributed by atoms with Crippen molar-refractivity contribution < 1.29 is 8.42 Å².